The van der Waals surface area contributed by atoms with Gasteiger partial charge in [-0.1, -0.05) is 25.5 Å². The highest BCUT2D eigenvalue weighted by Gasteiger charge is 2.20. The van der Waals surface area contributed by atoms with Crippen molar-refractivity contribution in [2.45, 2.75) is 51.7 Å². The van der Waals surface area contributed by atoms with E-state index in [2.05, 4.69) is 27.4 Å². The van der Waals surface area contributed by atoms with E-state index in [1.807, 2.05) is 31.2 Å². The van der Waals surface area contributed by atoms with Gasteiger partial charge in [0, 0.05) is 25.7 Å². The van der Waals surface area contributed by atoms with Crippen LogP contribution < -0.4 is 15.4 Å². The molecular weight excluding hydrogens is 467 g/mol. The van der Waals surface area contributed by atoms with E-state index >= 15 is 0 Å². The molecule has 1 aliphatic rings. The normalized spacial score (nSPS) is 18.9. The van der Waals surface area contributed by atoms with E-state index < -0.39 is 6.10 Å². The SMILES string of the molecule is CCNC(=NCC(O)c1cccc(OC)c1)NCCN1CCCCC1CC.I. The lowest BCUT2D eigenvalue weighted by atomic mass is 10.0. The molecule has 0 spiro atoms. The van der Waals surface area contributed by atoms with Crippen molar-refractivity contribution < 1.29 is 9.84 Å². The number of halogens is 1. The highest BCUT2D eigenvalue weighted by Crippen LogP contribution is 2.19. The van der Waals surface area contributed by atoms with Crippen molar-refractivity contribution in [1.29, 1.82) is 0 Å². The molecule has 0 aliphatic carbocycles. The summed E-state index contributed by atoms with van der Waals surface area (Å²) in [5, 5.41) is 17.1. The number of ether oxygens (including phenoxy) is 1. The zero-order valence-corrected chi connectivity index (χ0v) is 19.8. The molecule has 1 aromatic carbocycles. The van der Waals surface area contributed by atoms with Crippen LogP contribution in [0.4, 0.5) is 0 Å². The molecule has 0 bridgehead atoms. The van der Waals surface area contributed by atoms with E-state index in [1.54, 1.807) is 7.11 Å². The van der Waals surface area contributed by atoms with Crippen LogP contribution in [0.25, 0.3) is 0 Å². The van der Waals surface area contributed by atoms with Crippen LogP contribution in [-0.4, -0.2) is 61.8 Å². The number of aliphatic imine (C=N–C) groups is 1. The van der Waals surface area contributed by atoms with E-state index in [-0.39, 0.29) is 24.0 Å². The van der Waals surface area contributed by atoms with Gasteiger partial charge in [-0.05, 0) is 50.4 Å². The van der Waals surface area contributed by atoms with E-state index in [1.165, 1.54) is 32.2 Å². The summed E-state index contributed by atoms with van der Waals surface area (Å²) in [6.07, 6.45) is 4.55. The zero-order chi connectivity index (χ0) is 19.5. The fraction of sp³-hybridized carbons (Fsp3) is 0.667. The molecule has 1 fully saturated rings. The number of aliphatic hydroxyl groups is 1. The van der Waals surface area contributed by atoms with Gasteiger partial charge >= 0.3 is 0 Å². The van der Waals surface area contributed by atoms with Gasteiger partial charge in [0.05, 0.1) is 19.8 Å². The fourth-order valence-electron chi connectivity index (χ4n) is 3.61. The summed E-state index contributed by atoms with van der Waals surface area (Å²) in [7, 11) is 1.63. The first kappa shape index (κ1) is 25.0. The third kappa shape index (κ3) is 8.13. The van der Waals surface area contributed by atoms with E-state index in [0.29, 0.717) is 6.54 Å². The van der Waals surface area contributed by atoms with Gasteiger partial charge in [-0.2, -0.15) is 0 Å². The zero-order valence-electron chi connectivity index (χ0n) is 17.5. The first-order valence-electron chi connectivity index (χ1n) is 10.3. The summed E-state index contributed by atoms with van der Waals surface area (Å²) in [5.74, 6) is 1.50. The number of piperidine rings is 1. The number of methoxy groups -OCH3 is 1. The van der Waals surface area contributed by atoms with Gasteiger partial charge in [0.15, 0.2) is 5.96 Å². The number of guanidine groups is 1. The maximum atomic E-state index is 10.4. The van der Waals surface area contributed by atoms with Crippen LogP contribution in [0, 0.1) is 0 Å². The fourth-order valence-corrected chi connectivity index (χ4v) is 3.61. The monoisotopic (exact) mass is 504 g/mol. The molecule has 7 heteroatoms. The lowest BCUT2D eigenvalue weighted by molar-refractivity contribution is 0.147. The molecule has 0 amide bonds. The van der Waals surface area contributed by atoms with Crippen molar-refractivity contribution >= 4 is 29.9 Å². The quantitative estimate of drug-likeness (QED) is 0.274. The van der Waals surface area contributed by atoms with Crippen molar-refractivity contribution in [3.8, 4) is 5.75 Å². The van der Waals surface area contributed by atoms with Gasteiger partial charge in [-0.25, -0.2) is 0 Å². The van der Waals surface area contributed by atoms with Gasteiger partial charge in [0.25, 0.3) is 0 Å². The molecule has 3 N–H and O–H groups in total. The van der Waals surface area contributed by atoms with Crippen molar-refractivity contribution in [2.75, 3.05) is 39.8 Å². The van der Waals surface area contributed by atoms with E-state index in [4.69, 9.17) is 4.74 Å². The molecule has 6 nitrogen and oxygen atoms in total. The molecule has 1 aromatic rings. The number of benzene rings is 1. The lowest BCUT2D eigenvalue weighted by Gasteiger charge is -2.35. The predicted octanol–water partition coefficient (Wildman–Crippen LogP) is 3.17. The Morgan fingerprint density at radius 2 is 2.14 bits per heavy atom. The minimum Gasteiger partial charge on any atom is -0.497 e. The first-order chi connectivity index (χ1) is 13.2. The molecule has 2 unspecified atom stereocenters. The topological polar surface area (TPSA) is 69.1 Å². The van der Waals surface area contributed by atoms with Crippen LogP contribution in [0.5, 0.6) is 5.75 Å². The Kier molecular flexibility index (Phi) is 12.5. The third-order valence-electron chi connectivity index (χ3n) is 5.16. The second-order valence-electron chi connectivity index (χ2n) is 7.03. The molecule has 0 saturated carbocycles. The van der Waals surface area contributed by atoms with Gasteiger partial charge in [-0.3, -0.25) is 9.89 Å². The Morgan fingerprint density at radius 3 is 2.86 bits per heavy atom. The maximum Gasteiger partial charge on any atom is 0.191 e. The summed E-state index contributed by atoms with van der Waals surface area (Å²) in [6.45, 7) is 8.52. The van der Waals surface area contributed by atoms with Gasteiger partial charge in [0.2, 0.25) is 0 Å². The van der Waals surface area contributed by atoms with Crippen LogP contribution in [-0.2, 0) is 0 Å². The molecule has 2 atom stereocenters. The second-order valence-corrected chi connectivity index (χ2v) is 7.03. The number of rotatable bonds is 9. The Balaban J connectivity index is 0.00000392. The number of aliphatic hydroxyl groups excluding tert-OH is 1. The summed E-state index contributed by atoms with van der Waals surface area (Å²) in [4.78, 5) is 7.14. The molecule has 1 aliphatic heterocycles. The van der Waals surface area contributed by atoms with Crippen molar-refractivity contribution in [1.82, 2.24) is 15.5 Å². The van der Waals surface area contributed by atoms with Gasteiger partial charge in [-0.15, -0.1) is 24.0 Å². The summed E-state index contributed by atoms with van der Waals surface area (Å²) in [5.41, 5.74) is 0.813. The van der Waals surface area contributed by atoms with Crippen LogP contribution in [0.2, 0.25) is 0 Å². The average molecular weight is 504 g/mol. The molecule has 28 heavy (non-hydrogen) atoms. The molecule has 1 saturated heterocycles. The molecule has 160 valence electrons. The Labute approximate surface area is 187 Å². The number of likely N-dealkylation sites (tertiary alicyclic amines) is 1. The summed E-state index contributed by atoms with van der Waals surface area (Å²) >= 11 is 0. The molecule has 1 heterocycles. The maximum absolute atomic E-state index is 10.4. The number of hydrogen-bond donors (Lipinski definition) is 3. The third-order valence-corrected chi connectivity index (χ3v) is 5.16. The van der Waals surface area contributed by atoms with Gasteiger partial charge < -0.3 is 20.5 Å². The average Bonchev–Trinajstić information content (AvgIpc) is 2.72. The largest absolute Gasteiger partial charge is 0.497 e. The summed E-state index contributed by atoms with van der Waals surface area (Å²) in [6, 6.07) is 8.21. The smallest absolute Gasteiger partial charge is 0.191 e. The predicted molar refractivity (Wildman–Crippen MR) is 127 cm³/mol. The highest BCUT2D eigenvalue weighted by molar-refractivity contribution is 14.0. The Bertz CT molecular complexity index is 585. The minimum absolute atomic E-state index is 0. The standard InChI is InChI=1S/C21H36N4O2.HI/c1-4-18-10-6-7-13-25(18)14-12-23-21(22-5-2)24-16-20(26)17-9-8-11-19(15-17)27-3;/h8-9,11,15,18,20,26H,4-7,10,12-14,16H2,1-3H3,(H2,22,23,24);1H. The van der Waals surface area contributed by atoms with Crippen LogP contribution >= 0.6 is 24.0 Å². The summed E-state index contributed by atoms with van der Waals surface area (Å²) < 4.78 is 5.22. The number of nitrogens with one attached hydrogen (secondary N) is 2. The van der Waals surface area contributed by atoms with Gasteiger partial charge in [0.1, 0.15) is 5.75 Å². The van der Waals surface area contributed by atoms with Crippen molar-refractivity contribution in [3.05, 3.63) is 29.8 Å². The first-order valence-corrected chi connectivity index (χ1v) is 10.3. The number of nitrogens with zero attached hydrogens (tertiary/aromatic N) is 2. The Morgan fingerprint density at radius 1 is 1.32 bits per heavy atom. The molecule has 0 aromatic heterocycles. The van der Waals surface area contributed by atoms with Crippen LogP contribution in [0.1, 0.15) is 51.2 Å². The second kappa shape index (κ2) is 14.0. The van der Waals surface area contributed by atoms with Crippen molar-refractivity contribution in [2.24, 2.45) is 4.99 Å². The van der Waals surface area contributed by atoms with E-state index in [9.17, 15) is 5.11 Å². The van der Waals surface area contributed by atoms with Crippen LogP contribution in [0.3, 0.4) is 0 Å². The lowest BCUT2D eigenvalue weighted by Crippen LogP contribution is -2.46. The molecular formula is C21H37IN4O2. The van der Waals surface area contributed by atoms with Crippen molar-refractivity contribution in [3.63, 3.8) is 0 Å². The molecule has 0 radical (unpaired) electrons. The number of hydrogen-bond acceptors (Lipinski definition) is 4. The minimum atomic E-state index is -0.651. The Hall–Kier alpha value is -1.06. The molecule has 2 rings (SSSR count). The van der Waals surface area contributed by atoms with Crippen LogP contribution in [0.15, 0.2) is 29.3 Å². The van der Waals surface area contributed by atoms with E-state index in [0.717, 1.165) is 42.9 Å². The highest BCUT2D eigenvalue weighted by atomic mass is 127.